The second-order valence-corrected chi connectivity index (χ2v) is 7.14. The molecule has 2 aromatic heterocycles. The van der Waals surface area contributed by atoms with Crippen molar-refractivity contribution in [1.29, 1.82) is 0 Å². The van der Waals surface area contributed by atoms with Crippen molar-refractivity contribution in [3.63, 3.8) is 0 Å². The zero-order valence-corrected chi connectivity index (χ0v) is 17.2. The van der Waals surface area contributed by atoms with Crippen LogP contribution in [0.3, 0.4) is 0 Å². The third kappa shape index (κ3) is 4.07. The van der Waals surface area contributed by atoms with Crippen LogP contribution in [0.15, 0.2) is 106 Å². The molecular weight excluding hydrogens is 420 g/mol. The van der Waals surface area contributed by atoms with Crippen molar-refractivity contribution in [1.82, 2.24) is 9.97 Å². The largest absolute Gasteiger partial charge is 0.457 e. The number of hydrogen-bond donors (Lipinski definition) is 0. The molecule has 0 spiro atoms. The van der Waals surface area contributed by atoms with E-state index >= 15 is 0 Å². The van der Waals surface area contributed by atoms with Crippen LogP contribution in [-0.2, 0) is 0 Å². The lowest BCUT2D eigenvalue weighted by Crippen LogP contribution is -1.87. The maximum Gasteiger partial charge on any atom is 0.400 e. The van der Waals surface area contributed by atoms with Crippen LogP contribution in [-0.4, -0.2) is 9.97 Å². The number of rotatable bonds is 6. The molecule has 7 nitrogen and oxygen atoms in total. The lowest BCUT2D eigenvalue weighted by atomic mass is 10.3. The van der Waals surface area contributed by atoms with Crippen molar-refractivity contribution in [2.45, 2.75) is 0 Å². The molecule has 0 aliphatic heterocycles. The second kappa shape index (κ2) is 8.05. The van der Waals surface area contributed by atoms with Crippen LogP contribution in [0.25, 0.3) is 22.2 Å². The summed E-state index contributed by atoms with van der Waals surface area (Å²) in [6.07, 6.45) is 0.388. The van der Waals surface area contributed by atoms with Gasteiger partial charge in [-0.2, -0.15) is 9.97 Å². The van der Waals surface area contributed by atoms with Crippen LogP contribution >= 0.6 is 0 Å². The topological polar surface area (TPSA) is 79.8 Å². The summed E-state index contributed by atoms with van der Waals surface area (Å²) in [5, 5.41) is 0. The number of benzene rings is 4. The Labute approximate surface area is 187 Å². The summed E-state index contributed by atoms with van der Waals surface area (Å²) in [5.41, 5.74) is 2.85. The molecule has 6 aromatic rings. The highest BCUT2D eigenvalue weighted by Crippen LogP contribution is 2.30. The van der Waals surface area contributed by atoms with Crippen molar-refractivity contribution in [3.8, 4) is 35.2 Å². The minimum Gasteiger partial charge on any atom is -0.457 e. The number of para-hydroxylation sites is 4. The summed E-state index contributed by atoms with van der Waals surface area (Å²) >= 11 is 0. The summed E-state index contributed by atoms with van der Waals surface area (Å²) in [5.74, 6) is 2.51. The minimum absolute atomic E-state index is 0.194. The van der Waals surface area contributed by atoms with Gasteiger partial charge in [0.2, 0.25) is 0 Å². The quantitative estimate of drug-likeness (QED) is 0.270. The fourth-order valence-electron chi connectivity index (χ4n) is 3.28. The molecule has 0 aliphatic rings. The van der Waals surface area contributed by atoms with Gasteiger partial charge in [-0.05, 0) is 72.8 Å². The number of oxazole rings is 2. The van der Waals surface area contributed by atoms with Crippen molar-refractivity contribution in [3.05, 3.63) is 97.1 Å². The van der Waals surface area contributed by atoms with Gasteiger partial charge in [-0.25, -0.2) is 0 Å². The lowest BCUT2D eigenvalue weighted by Gasteiger charge is -2.07. The summed E-state index contributed by atoms with van der Waals surface area (Å²) in [6.45, 7) is 0. The van der Waals surface area contributed by atoms with E-state index in [0.29, 0.717) is 34.2 Å². The summed E-state index contributed by atoms with van der Waals surface area (Å²) in [4.78, 5) is 8.61. The summed E-state index contributed by atoms with van der Waals surface area (Å²) in [6, 6.07) is 29.4. The van der Waals surface area contributed by atoms with E-state index < -0.39 is 0 Å². The highest BCUT2D eigenvalue weighted by atomic mass is 16.6. The second-order valence-electron chi connectivity index (χ2n) is 7.14. The van der Waals surface area contributed by atoms with E-state index in [4.69, 9.17) is 23.0 Å². The first-order valence-electron chi connectivity index (χ1n) is 10.2. The van der Waals surface area contributed by atoms with E-state index in [1.165, 1.54) is 0 Å². The first kappa shape index (κ1) is 18.9. The van der Waals surface area contributed by atoms with Gasteiger partial charge in [0, 0.05) is 0 Å². The number of nitrogens with zero attached hydrogens (tertiary/aromatic N) is 2. The maximum atomic E-state index is 5.90. The fraction of sp³-hybridized carbons (Fsp3) is 0. The van der Waals surface area contributed by atoms with Crippen molar-refractivity contribution < 1.29 is 23.0 Å². The Balaban J connectivity index is 1.10. The molecule has 0 saturated carbocycles. The van der Waals surface area contributed by atoms with Crippen LogP contribution in [0.4, 0.5) is 0 Å². The van der Waals surface area contributed by atoms with Crippen LogP contribution in [0.2, 0.25) is 0 Å². The third-order valence-electron chi connectivity index (χ3n) is 4.84. The standard InChI is InChI=1S/C26H16N2O5/c1-3-7-23-21(5-1)27-25(32-23)30-19-13-9-17(10-14-19)29-18-11-15-20(16-12-18)31-26-28-22-6-2-4-8-24(22)33-26/h1-16H. The Bertz CT molecular complexity index is 1350. The Morgan fingerprint density at radius 2 is 0.788 bits per heavy atom. The van der Waals surface area contributed by atoms with Gasteiger partial charge in [0.05, 0.1) is 0 Å². The number of fused-ring (bicyclic) bond motifs is 2. The first-order chi connectivity index (χ1) is 16.3. The zero-order valence-electron chi connectivity index (χ0n) is 17.2. The van der Waals surface area contributed by atoms with E-state index in [0.717, 1.165) is 11.0 Å². The van der Waals surface area contributed by atoms with Crippen LogP contribution < -0.4 is 14.2 Å². The molecule has 0 aliphatic carbocycles. The van der Waals surface area contributed by atoms with E-state index in [1.807, 2.05) is 48.5 Å². The fourth-order valence-corrected chi connectivity index (χ4v) is 3.28. The van der Waals surface area contributed by atoms with Crippen LogP contribution in [0, 0.1) is 0 Å². The van der Waals surface area contributed by atoms with E-state index in [9.17, 15) is 0 Å². The summed E-state index contributed by atoms with van der Waals surface area (Å²) < 4.78 is 28.5. The molecule has 33 heavy (non-hydrogen) atoms. The number of aromatic nitrogens is 2. The molecule has 0 N–H and O–H groups in total. The van der Waals surface area contributed by atoms with E-state index in [1.54, 1.807) is 48.5 Å². The average molecular weight is 436 g/mol. The Kier molecular flexibility index (Phi) is 4.62. The molecule has 0 amide bonds. The predicted molar refractivity (Wildman–Crippen MR) is 121 cm³/mol. The number of hydrogen-bond acceptors (Lipinski definition) is 7. The van der Waals surface area contributed by atoms with Gasteiger partial charge in [-0.15, -0.1) is 0 Å². The predicted octanol–water partition coefficient (Wildman–Crippen LogP) is 7.35. The minimum atomic E-state index is 0.194. The van der Waals surface area contributed by atoms with Gasteiger partial charge in [-0.1, -0.05) is 24.3 Å². The molecule has 0 radical (unpaired) electrons. The van der Waals surface area contributed by atoms with Crippen LogP contribution in [0.1, 0.15) is 0 Å². The summed E-state index contributed by atoms with van der Waals surface area (Å²) in [7, 11) is 0. The number of ether oxygens (including phenoxy) is 3. The van der Waals surface area contributed by atoms with Gasteiger partial charge in [-0.3, -0.25) is 0 Å². The molecule has 160 valence electrons. The molecule has 0 unspecified atom stereocenters. The Hall–Kier alpha value is -4.78. The highest BCUT2D eigenvalue weighted by molar-refractivity contribution is 5.73. The molecular formula is C26H16N2O5. The first-order valence-corrected chi connectivity index (χ1v) is 10.2. The average Bonchev–Trinajstić information content (AvgIpc) is 3.44. The monoisotopic (exact) mass is 436 g/mol. The molecule has 2 heterocycles. The van der Waals surface area contributed by atoms with E-state index in [2.05, 4.69) is 9.97 Å². The Morgan fingerprint density at radius 3 is 1.18 bits per heavy atom. The Morgan fingerprint density at radius 1 is 0.424 bits per heavy atom. The molecule has 0 atom stereocenters. The highest BCUT2D eigenvalue weighted by Gasteiger charge is 2.09. The van der Waals surface area contributed by atoms with E-state index in [-0.39, 0.29) is 12.2 Å². The smallest absolute Gasteiger partial charge is 0.400 e. The van der Waals surface area contributed by atoms with Gasteiger partial charge < -0.3 is 23.0 Å². The molecule has 0 saturated heterocycles. The molecule has 6 rings (SSSR count). The molecule has 4 aromatic carbocycles. The van der Waals surface area contributed by atoms with Gasteiger partial charge in [0.1, 0.15) is 34.0 Å². The third-order valence-corrected chi connectivity index (χ3v) is 4.84. The van der Waals surface area contributed by atoms with Crippen molar-refractivity contribution >= 4 is 22.2 Å². The van der Waals surface area contributed by atoms with Gasteiger partial charge >= 0.3 is 12.2 Å². The van der Waals surface area contributed by atoms with Crippen molar-refractivity contribution in [2.24, 2.45) is 0 Å². The van der Waals surface area contributed by atoms with Gasteiger partial charge in [0.15, 0.2) is 11.2 Å². The SMILES string of the molecule is c1ccc2oc(Oc3ccc(Oc4ccc(Oc5nc6ccccc6o5)cc4)cc3)nc2c1. The molecule has 0 bridgehead atoms. The van der Waals surface area contributed by atoms with Crippen LogP contribution in [0.5, 0.6) is 35.2 Å². The normalized spacial score (nSPS) is 11.0. The van der Waals surface area contributed by atoms with Crippen molar-refractivity contribution in [2.75, 3.05) is 0 Å². The molecule has 0 fully saturated rings. The molecule has 7 heteroatoms. The lowest BCUT2D eigenvalue weighted by molar-refractivity contribution is 0.342. The maximum absolute atomic E-state index is 5.90. The zero-order chi connectivity index (χ0) is 22.0. The van der Waals surface area contributed by atoms with Gasteiger partial charge in [0.25, 0.3) is 0 Å².